The van der Waals surface area contributed by atoms with Crippen molar-refractivity contribution in [2.24, 2.45) is 0 Å². The molecule has 2 nitrogen and oxygen atoms in total. The monoisotopic (exact) mass is 283 g/mol. The van der Waals surface area contributed by atoms with Crippen molar-refractivity contribution in [3.8, 4) is 16.9 Å². The SMILES string of the molecule is CCNCc1ccc(-c2ccc(OC(C)C)cc2)c(C)c1. The van der Waals surface area contributed by atoms with E-state index in [1.165, 1.54) is 22.3 Å². The van der Waals surface area contributed by atoms with Crippen LogP contribution in [-0.4, -0.2) is 12.6 Å². The van der Waals surface area contributed by atoms with Gasteiger partial charge in [0.2, 0.25) is 0 Å². The third-order valence-electron chi connectivity index (χ3n) is 3.41. The van der Waals surface area contributed by atoms with Crippen LogP contribution >= 0.6 is 0 Å². The number of aryl methyl sites for hydroxylation is 1. The summed E-state index contributed by atoms with van der Waals surface area (Å²) in [6, 6.07) is 15.0. The number of benzene rings is 2. The molecule has 0 saturated carbocycles. The number of rotatable bonds is 6. The molecule has 21 heavy (non-hydrogen) atoms. The third-order valence-corrected chi connectivity index (χ3v) is 3.41. The Balaban J connectivity index is 2.17. The van der Waals surface area contributed by atoms with Crippen molar-refractivity contribution in [1.82, 2.24) is 5.32 Å². The maximum atomic E-state index is 5.69. The Kier molecular flexibility index (Phi) is 5.40. The summed E-state index contributed by atoms with van der Waals surface area (Å²) in [5.41, 5.74) is 5.16. The highest BCUT2D eigenvalue weighted by atomic mass is 16.5. The lowest BCUT2D eigenvalue weighted by atomic mass is 9.98. The molecule has 0 spiro atoms. The molecule has 0 amide bonds. The molecule has 2 aromatic carbocycles. The smallest absolute Gasteiger partial charge is 0.119 e. The molecule has 0 aromatic heterocycles. The van der Waals surface area contributed by atoms with Gasteiger partial charge in [-0.15, -0.1) is 0 Å². The lowest BCUT2D eigenvalue weighted by Crippen LogP contribution is -2.11. The lowest BCUT2D eigenvalue weighted by Gasteiger charge is -2.12. The van der Waals surface area contributed by atoms with E-state index in [0.717, 1.165) is 18.8 Å². The zero-order chi connectivity index (χ0) is 15.2. The molecule has 2 heteroatoms. The molecule has 0 radical (unpaired) electrons. The second-order valence-electron chi connectivity index (χ2n) is 5.62. The van der Waals surface area contributed by atoms with Crippen molar-refractivity contribution in [3.63, 3.8) is 0 Å². The zero-order valence-electron chi connectivity index (χ0n) is 13.4. The van der Waals surface area contributed by atoms with Crippen LogP contribution in [0.15, 0.2) is 42.5 Å². The van der Waals surface area contributed by atoms with E-state index in [0.29, 0.717) is 0 Å². The molecule has 0 atom stereocenters. The van der Waals surface area contributed by atoms with E-state index in [1.54, 1.807) is 0 Å². The number of hydrogen-bond acceptors (Lipinski definition) is 2. The van der Waals surface area contributed by atoms with E-state index in [4.69, 9.17) is 4.74 Å². The average molecular weight is 283 g/mol. The molecule has 112 valence electrons. The normalized spacial score (nSPS) is 10.9. The van der Waals surface area contributed by atoms with Crippen LogP contribution in [0.2, 0.25) is 0 Å². The van der Waals surface area contributed by atoms with Crippen LogP contribution in [0, 0.1) is 6.92 Å². The first-order valence-corrected chi connectivity index (χ1v) is 7.67. The summed E-state index contributed by atoms with van der Waals surface area (Å²) in [7, 11) is 0. The van der Waals surface area contributed by atoms with Crippen molar-refractivity contribution in [1.29, 1.82) is 0 Å². The van der Waals surface area contributed by atoms with Gasteiger partial charge in [-0.3, -0.25) is 0 Å². The van der Waals surface area contributed by atoms with Crippen molar-refractivity contribution >= 4 is 0 Å². The van der Waals surface area contributed by atoms with Crippen LogP contribution < -0.4 is 10.1 Å². The van der Waals surface area contributed by atoms with Gasteiger partial charge < -0.3 is 10.1 Å². The molecule has 0 saturated heterocycles. The quantitative estimate of drug-likeness (QED) is 0.839. The predicted molar refractivity (Wildman–Crippen MR) is 89.8 cm³/mol. The van der Waals surface area contributed by atoms with Crippen molar-refractivity contribution < 1.29 is 4.74 Å². The summed E-state index contributed by atoms with van der Waals surface area (Å²) in [6.45, 7) is 10.3. The zero-order valence-corrected chi connectivity index (χ0v) is 13.4. The standard InChI is InChI=1S/C19H25NO/c1-5-20-13-16-6-11-19(15(4)12-16)17-7-9-18(10-8-17)21-14(2)3/h6-12,14,20H,5,13H2,1-4H3. The van der Waals surface area contributed by atoms with Crippen LogP contribution in [0.5, 0.6) is 5.75 Å². The highest BCUT2D eigenvalue weighted by Crippen LogP contribution is 2.26. The van der Waals surface area contributed by atoms with Crippen molar-refractivity contribution in [2.75, 3.05) is 6.54 Å². The van der Waals surface area contributed by atoms with Crippen molar-refractivity contribution in [3.05, 3.63) is 53.6 Å². The second kappa shape index (κ2) is 7.28. The van der Waals surface area contributed by atoms with E-state index in [9.17, 15) is 0 Å². The van der Waals surface area contributed by atoms with Crippen LogP contribution in [0.4, 0.5) is 0 Å². The van der Waals surface area contributed by atoms with Gasteiger partial charge in [-0.05, 0) is 61.7 Å². The van der Waals surface area contributed by atoms with Gasteiger partial charge >= 0.3 is 0 Å². The minimum atomic E-state index is 0.211. The lowest BCUT2D eigenvalue weighted by molar-refractivity contribution is 0.242. The fourth-order valence-electron chi connectivity index (χ4n) is 2.41. The minimum absolute atomic E-state index is 0.211. The maximum Gasteiger partial charge on any atom is 0.119 e. The molecule has 0 heterocycles. The highest BCUT2D eigenvalue weighted by Gasteiger charge is 2.04. The van der Waals surface area contributed by atoms with Gasteiger partial charge in [0.25, 0.3) is 0 Å². The van der Waals surface area contributed by atoms with Crippen LogP contribution in [0.25, 0.3) is 11.1 Å². The van der Waals surface area contributed by atoms with E-state index in [-0.39, 0.29) is 6.10 Å². The van der Waals surface area contributed by atoms with Gasteiger partial charge in [-0.25, -0.2) is 0 Å². The van der Waals surface area contributed by atoms with Gasteiger partial charge in [0.05, 0.1) is 6.10 Å². The number of nitrogens with one attached hydrogen (secondary N) is 1. The third kappa shape index (κ3) is 4.33. The summed E-state index contributed by atoms with van der Waals surface area (Å²) in [6.07, 6.45) is 0.211. The number of ether oxygens (including phenoxy) is 1. The van der Waals surface area contributed by atoms with E-state index in [2.05, 4.69) is 49.5 Å². The highest BCUT2D eigenvalue weighted by molar-refractivity contribution is 5.68. The van der Waals surface area contributed by atoms with Gasteiger partial charge in [0, 0.05) is 6.54 Å². The number of hydrogen-bond donors (Lipinski definition) is 1. The molecule has 0 aliphatic carbocycles. The van der Waals surface area contributed by atoms with Gasteiger partial charge in [0.1, 0.15) is 5.75 Å². The molecule has 0 aliphatic rings. The molecule has 1 N–H and O–H groups in total. The van der Waals surface area contributed by atoms with Gasteiger partial charge in [-0.2, -0.15) is 0 Å². The molecule has 0 fully saturated rings. The average Bonchev–Trinajstić information content (AvgIpc) is 2.46. The van der Waals surface area contributed by atoms with Crippen LogP contribution in [-0.2, 0) is 6.54 Å². The molecule has 2 aromatic rings. The Labute approximate surface area is 128 Å². The van der Waals surface area contributed by atoms with Crippen LogP contribution in [0.1, 0.15) is 31.9 Å². The summed E-state index contributed by atoms with van der Waals surface area (Å²) >= 11 is 0. The summed E-state index contributed by atoms with van der Waals surface area (Å²) in [4.78, 5) is 0. The molecule has 0 unspecified atom stereocenters. The molecule has 0 bridgehead atoms. The largest absolute Gasteiger partial charge is 0.491 e. The first-order valence-electron chi connectivity index (χ1n) is 7.67. The second-order valence-corrected chi connectivity index (χ2v) is 5.62. The Hall–Kier alpha value is -1.80. The van der Waals surface area contributed by atoms with Crippen LogP contribution in [0.3, 0.4) is 0 Å². The minimum Gasteiger partial charge on any atom is -0.491 e. The van der Waals surface area contributed by atoms with Crippen molar-refractivity contribution in [2.45, 2.75) is 40.3 Å². The van der Waals surface area contributed by atoms with E-state index in [1.807, 2.05) is 26.0 Å². The first kappa shape index (κ1) is 15.6. The summed E-state index contributed by atoms with van der Waals surface area (Å²) in [5.74, 6) is 0.926. The fraction of sp³-hybridized carbons (Fsp3) is 0.368. The molecular formula is C19H25NO. The Morgan fingerprint density at radius 2 is 1.76 bits per heavy atom. The molecule has 2 rings (SSSR count). The predicted octanol–water partition coefficient (Wildman–Crippen LogP) is 4.56. The Morgan fingerprint density at radius 3 is 2.33 bits per heavy atom. The fourth-order valence-corrected chi connectivity index (χ4v) is 2.41. The first-order chi connectivity index (χ1) is 10.1. The maximum absolute atomic E-state index is 5.69. The topological polar surface area (TPSA) is 21.3 Å². The Morgan fingerprint density at radius 1 is 1.05 bits per heavy atom. The van der Waals surface area contributed by atoms with E-state index < -0.39 is 0 Å². The summed E-state index contributed by atoms with van der Waals surface area (Å²) < 4.78 is 5.69. The Bertz CT molecular complexity index is 573. The van der Waals surface area contributed by atoms with E-state index >= 15 is 0 Å². The molecule has 0 aliphatic heterocycles. The van der Waals surface area contributed by atoms with Gasteiger partial charge in [0.15, 0.2) is 0 Å². The van der Waals surface area contributed by atoms with Gasteiger partial charge in [-0.1, -0.05) is 37.3 Å². The summed E-state index contributed by atoms with van der Waals surface area (Å²) in [5, 5.41) is 3.36. The molecular weight excluding hydrogens is 258 g/mol.